The standard InChI is InChI=1S/C19H22N4O4S/c1-4-20-18(26)14-6-5-7-15(9-14)23-16(24)10-27-17(25)11-28-19-21-12(2)8-13(3)22-19/h5-9H,4,10-11H2,1-3H3,(H,20,26)(H,23,24). The van der Waals surface area contributed by atoms with Crippen molar-refractivity contribution in [2.24, 2.45) is 0 Å². The Balaban J connectivity index is 1.79. The molecule has 2 aromatic rings. The van der Waals surface area contributed by atoms with Crippen LogP contribution in [0.15, 0.2) is 35.5 Å². The molecule has 28 heavy (non-hydrogen) atoms. The van der Waals surface area contributed by atoms with Crippen LogP contribution in [0.1, 0.15) is 28.7 Å². The number of aryl methyl sites for hydroxylation is 2. The van der Waals surface area contributed by atoms with Crippen molar-refractivity contribution in [2.75, 3.05) is 24.2 Å². The summed E-state index contributed by atoms with van der Waals surface area (Å²) in [5.74, 6) is -1.26. The number of aromatic nitrogens is 2. The molecule has 0 fully saturated rings. The van der Waals surface area contributed by atoms with Crippen LogP contribution in [0.2, 0.25) is 0 Å². The summed E-state index contributed by atoms with van der Waals surface area (Å²) < 4.78 is 4.97. The molecular weight excluding hydrogens is 380 g/mol. The Morgan fingerprint density at radius 3 is 2.50 bits per heavy atom. The summed E-state index contributed by atoms with van der Waals surface area (Å²) in [6, 6.07) is 8.35. The van der Waals surface area contributed by atoms with Gasteiger partial charge < -0.3 is 15.4 Å². The second-order valence-corrected chi connectivity index (χ2v) is 6.81. The highest BCUT2D eigenvalue weighted by Crippen LogP contribution is 2.14. The Kier molecular flexibility index (Phi) is 7.94. The molecule has 0 bridgehead atoms. The van der Waals surface area contributed by atoms with Crippen molar-refractivity contribution in [3.63, 3.8) is 0 Å². The van der Waals surface area contributed by atoms with E-state index in [0.29, 0.717) is 23.0 Å². The van der Waals surface area contributed by atoms with Crippen LogP contribution < -0.4 is 10.6 Å². The molecule has 1 aromatic heterocycles. The number of nitrogens with zero attached hydrogens (tertiary/aromatic N) is 2. The number of carbonyl (C=O) groups excluding carboxylic acids is 3. The van der Waals surface area contributed by atoms with Crippen molar-refractivity contribution in [1.29, 1.82) is 0 Å². The fraction of sp³-hybridized carbons (Fsp3) is 0.316. The second kappa shape index (κ2) is 10.4. The highest BCUT2D eigenvalue weighted by atomic mass is 32.2. The molecule has 0 aliphatic carbocycles. The monoisotopic (exact) mass is 402 g/mol. The third-order valence-corrected chi connectivity index (χ3v) is 4.21. The summed E-state index contributed by atoms with van der Waals surface area (Å²) in [6.07, 6.45) is 0. The van der Waals surface area contributed by atoms with E-state index in [1.165, 1.54) is 0 Å². The summed E-state index contributed by atoms with van der Waals surface area (Å²) in [5.41, 5.74) is 2.51. The van der Waals surface area contributed by atoms with Gasteiger partial charge in [-0.25, -0.2) is 9.97 Å². The molecule has 8 nitrogen and oxygen atoms in total. The highest BCUT2D eigenvalue weighted by Gasteiger charge is 2.11. The smallest absolute Gasteiger partial charge is 0.316 e. The number of hydrogen-bond donors (Lipinski definition) is 2. The van der Waals surface area contributed by atoms with Gasteiger partial charge in [0.25, 0.3) is 11.8 Å². The fourth-order valence-electron chi connectivity index (χ4n) is 2.27. The van der Waals surface area contributed by atoms with Gasteiger partial charge in [-0.1, -0.05) is 17.8 Å². The number of anilines is 1. The van der Waals surface area contributed by atoms with E-state index >= 15 is 0 Å². The van der Waals surface area contributed by atoms with E-state index in [1.807, 2.05) is 26.8 Å². The Bertz CT molecular complexity index is 853. The van der Waals surface area contributed by atoms with Crippen molar-refractivity contribution >= 4 is 35.2 Å². The minimum absolute atomic E-state index is 0.00282. The number of benzene rings is 1. The summed E-state index contributed by atoms with van der Waals surface area (Å²) in [5, 5.41) is 5.77. The summed E-state index contributed by atoms with van der Waals surface area (Å²) in [6.45, 7) is 5.61. The third kappa shape index (κ3) is 6.99. The molecule has 0 aliphatic rings. The van der Waals surface area contributed by atoms with Gasteiger partial charge in [0.15, 0.2) is 11.8 Å². The average Bonchev–Trinajstić information content (AvgIpc) is 2.64. The third-order valence-electron chi connectivity index (χ3n) is 3.39. The van der Waals surface area contributed by atoms with Crippen molar-refractivity contribution in [2.45, 2.75) is 25.9 Å². The number of ether oxygens (including phenoxy) is 1. The van der Waals surface area contributed by atoms with Gasteiger partial charge in [-0.2, -0.15) is 0 Å². The number of carbonyl (C=O) groups is 3. The zero-order valence-electron chi connectivity index (χ0n) is 15.9. The largest absolute Gasteiger partial charge is 0.455 e. The topological polar surface area (TPSA) is 110 Å². The number of thioether (sulfide) groups is 1. The van der Waals surface area contributed by atoms with Crippen LogP contribution in [-0.4, -0.2) is 46.7 Å². The van der Waals surface area contributed by atoms with E-state index in [2.05, 4.69) is 20.6 Å². The Hall–Kier alpha value is -2.94. The minimum Gasteiger partial charge on any atom is -0.455 e. The van der Waals surface area contributed by atoms with Gasteiger partial charge in [0.2, 0.25) is 0 Å². The number of hydrogen-bond acceptors (Lipinski definition) is 7. The summed E-state index contributed by atoms with van der Waals surface area (Å²) in [4.78, 5) is 44.1. The van der Waals surface area contributed by atoms with E-state index < -0.39 is 18.5 Å². The van der Waals surface area contributed by atoms with Crippen LogP contribution in [0.25, 0.3) is 0 Å². The molecule has 2 rings (SSSR count). The maximum atomic E-state index is 12.0. The molecule has 0 spiro atoms. The van der Waals surface area contributed by atoms with Gasteiger partial charge in [0.05, 0.1) is 5.75 Å². The maximum absolute atomic E-state index is 12.0. The molecule has 0 saturated carbocycles. The molecule has 1 aromatic carbocycles. The molecule has 148 valence electrons. The quantitative estimate of drug-likeness (QED) is 0.395. The molecule has 2 N–H and O–H groups in total. The van der Waals surface area contributed by atoms with Gasteiger partial charge in [-0.3, -0.25) is 14.4 Å². The fourth-order valence-corrected chi connectivity index (χ4v) is 3.01. The maximum Gasteiger partial charge on any atom is 0.316 e. The minimum atomic E-state index is -0.543. The van der Waals surface area contributed by atoms with Gasteiger partial charge in [0.1, 0.15) is 0 Å². The van der Waals surface area contributed by atoms with Crippen LogP contribution >= 0.6 is 11.8 Å². The second-order valence-electron chi connectivity index (χ2n) is 5.87. The van der Waals surface area contributed by atoms with Crippen molar-refractivity contribution in [3.05, 3.63) is 47.3 Å². The molecule has 0 aliphatic heterocycles. The van der Waals surface area contributed by atoms with E-state index in [1.54, 1.807) is 24.3 Å². The predicted molar refractivity (Wildman–Crippen MR) is 106 cm³/mol. The first-order valence-electron chi connectivity index (χ1n) is 8.66. The molecule has 1 heterocycles. The highest BCUT2D eigenvalue weighted by molar-refractivity contribution is 7.99. The van der Waals surface area contributed by atoms with Crippen LogP contribution in [0.3, 0.4) is 0 Å². The predicted octanol–water partition coefficient (Wildman–Crippen LogP) is 2.12. The number of rotatable bonds is 8. The van der Waals surface area contributed by atoms with Crippen molar-refractivity contribution < 1.29 is 19.1 Å². The number of amides is 2. The molecule has 0 saturated heterocycles. The van der Waals surface area contributed by atoms with Gasteiger partial charge in [0, 0.05) is 29.2 Å². The normalized spacial score (nSPS) is 10.2. The lowest BCUT2D eigenvalue weighted by Crippen LogP contribution is -2.24. The van der Waals surface area contributed by atoms with Gasteiger partial charge in [-0.05, 0) is 45.0 Å². The van der Waals surface area contributed by atoms with Crippen LogP contribution in [0.5, 0.6) is 0 Å². The molecule has 0 radical (unpaired) electrons. The van der Waals surface area contributed by atoms with E-state index in [9.17, 15) is 14.4 Å². The first-order valence-corrected chi connectivity index (χ1v) is 9.64. The zero-order chi connectivity index (χ0) is 20.5. The van der Waals surface area contributed by atoms with Gasteiger partial charge >= 0.3 is 5.97 Å². The Morgan fingerprint density at radius 2 is 1.82 bits per heavy atom. The van der Waals surface area contributed by atoms with Crippen LogP contribution in [0, 0.1) is 13.8 Å². The lowest BCUT2D eigenvalue weighted by atomic mass is 10.2. The van der Waals surface area contributed by atoms with Crippen molar-refractivity contribution in [3.8, 4) is 0 Å². The number of nitrogens with one attached hydrogen (secondary N) is 2. The average molecular weight is 402 g/mol. The first kappa shape index (κ1) is 21.4. The van der Waals surface area contributed by atoms with Gasteiger partial charge in [-0.15, -0.1) is 0 Å². The molecule has 9 heteroatoms. The first-order chi connectivity index (χ1) is 13.4. The van der Waals surface area contributed by atoms with Crippen molar-refractivity contribution in [1.82, 2.24) is 15.3 Å². The molecule has 0 atom stereocenters. The zero-order valence-corrected chi connectivity index (χ0v) is 16.8. The van der Waals surface area contributed by atoms with E-state index in [0.717, 1.165) is 23.1 Å². The van der Waals surface area contributed by atoms with Crippen LogP contribution in [0.4, 0.5) is 5.69 Å². The molecule has 2 amide bonds. The number of esters is 1. The lowest BCUT2D eigenvalue weighted by molar-refractivity contribution is -0.144. The van der Waals surface area contributed by atoms with E-state index in [4.69, 9.17) is 4.74 Å². The summed E-state index contributed by atoms with van der Waals surface area (Å²) in [7, 11) is 0. The lowest BCUT2D eigenvalue weighted by Gasteiger charge is -2.08. The molecule has 0 unspecified atom stereocenters. The van der Waals surface area contributed by atoms with Crippen LogP contribution in [-0.2, 0) is 14.3 Å². The Morgan fingerprint density at radius 1 is 1.11 bits per heavy atom. The molecular formula is C19H22N4O4S. The summed E-state index contributed by atoms with van der Waals surface area (Å²) >= 11 is 1.15. The van der Waals surface area contributed by atoms with E-state index in [-0.39, 0.29) is 11.7 Å². The Labute approximate surface area is 167 Å². The SMILES string of the molecule is CCNC(=O)c1cccc(NC(=O)COC(=O)CSc2nc(C)cc(C)n2)c1.